The van der Waals surface area contributed by atoms with Crippen molar-refractivity contribution in [3.05, 3.63) is 34.9 Å². The smallest absolute Gasteiger partial charge is 0.475 e. The molecule has 0 spiro atoms. The zero-order chi connectivity index (χ0) is 19.0. The van der Waals surface area contributed by atoms with Crippen LogP contribution in [-0.4, -0.2) is 23.2 Å². The molecule has 0 unspecified atom stereocenters. The molecule has 4 nitrogen and oxygen atoms in total. The lowest BCUT2D eigenvalue weighted by molar-refractivity contribution is -0.192. The van der Waals surface area contributed by atoms with E-state index in [1.54, 1.807) is 0 Å². The maximum absolute atomic E-state index is 12.1. The number of hydrogen-bond donors (Lipinski definition) is 2. The highest BCUT2D eigenvalue weighted by molar-refractivity contribution is 6.30. The summed E-state index contributed by atoms with van der Waals surface area (Å²) in [5.41, 5.74) is 1.10. The van der Waals surface area contributed by atoms with E-state index in [2.05, 4.69) is 5.32 Å². The first-order valence-electron chi connectivity index (χ1n) is 7.97. The van der Waals surface area contributed by atoms with Crippen LogP contribution in [0, 0.1) is 5.92 Å². The number of benzene rings is 1. The van der Waals surface area contributed by atoms with Crippen LogP contribution < -0.4 is 5.32 Å². The third-order valence-corrected chi connectivity index (χ3v) is 4.20. The van der Waals surface area contributed by atoms with Crippen LogP contribution in [0.2, 0.25) is 5.02 Å². The quantitative estimate of drug-likeness (QED) is 0.797. The van der Waals surface area contributed by atoms with E-state index in [0.29, 0.717) is 0 Å². The highest BCUT2D eigenvalue weighted by Crippen LogP contribution is 2.25. The van der Waals surface area contributed by atoms with Crippen LogP contribution in [0.15, 0.2) is 24.3 Å². The molecule has 2 rings (SSSR count). The molecule has 1 saturated carbocycles. The van der Waals surface area contributed by atoms with E-state index in [0.717, 1.165) is 23.4 Å². The van der Waals surface area contributed by atoms with Crippen molar-refractivity contribution in [2.75, 3.05) is 0 Å². The second kappa shape index (κ2) is 9.65. The third-order valence-electron chi connectivity index (χ3n) is 3.95. The van der Waals surface area contributed by atoms with Crippen molar-refractivity contribution in [3.8, 4) is 0 Å². The fourth-order valence-corrected chi connectivity index (χ4v) is 2.66. The summed E-state index contributed by atoms with van der Waals surface area (Å²) < 4.78 is 31.7. The number of nitrogens with one attached hydrogen (secondary N) is 1. The first kappa shape index (κ1) is 21.3. The van der Waals surface area contributed by atoms with Crippen molar-refractivity contribution in [3.63, 3.8) is 0 Å². The van der Waals surface area contributed by atoms with Crippen molar-refractivity contribution < 1.29 is 27.9 Å². The molecule has 0 saturated heterocycles. The Morgan fingerprint density at radius 3 is 2.08 bits per heavy atom. The molecule has 1 aromatic carbocycles. The highest BCUT2D eigenvalue weighted by Gasteiger charge is 2.38. The SMILES string of the molecule is C[C@H](NC(=O)C1CCCCC1)c1ccc(Cl)cc1.O=C(O)C(F)(F)F. The van der Waals surface area contributed by atoms with E-state index < -0.39 is 12.1 Å². The lowest BCUT2D eigenvalue weighted by Gasteiger charge is -2.23. The Bertz CT molecular complexity index is 569. The molecule has 0 bridgehead atoms. The topological polar surface area (TPSA) is 66.4 Å². The van der Waals surface area contributed by atoms with Crippen LogP contribution in [0.1, 0.15) is 50.6 Å². The van der Waals surface area contributed by atoms with Gasteiger partial charge < -0.3 is 10.4 Å². The minimum Gasteiger partial charge on any atom is -0.475 e. The van der Waals surface area contributed by atoms with Gasteiger partial charge in [-0.05, 0) is 37.5 Å². The zero-order valence-corrected chi connectivity index (χ0v) is 14.5. The van der Waals surface area contributed by atoms with Crippen molar-refractivity contribution in [2.24, 2.45) is 5.92 Å². The number of carboxylic acid groups (broad SMARTS) is 1. The number of carboxylic acids is 1. The number of alkyl halides is 3. The molecule has 1 atom stereocenters. The largest absolute Gasteiger partial charge is 0.490 e. The predicted octanol–water partition coefficient (Wildman–Crippen LogP) is 4.73. The minimum atomic E-state index is -5.08. The molecule has 8 heteroatoms. The number of carbonyl (C=O) groups is 2. The summed E-state index contributed by atoms with van der Waals surface area (Å²) in [5, 5.41) is 11.0. The average molecular weight is 380 g/mol. The van der Waals surface area contributed by atoms with Gasteiger partial charge in [0.1, 0.15) is 0 Å². The number of carbonyl (C=O) groups excluding carboxylic acids is 1. The lowest BCUT2D eigenvalue weighted by atomic mass is 9.88. The van der Waals surface area contributed by atoms with Crippen molar-refractivity contribution in [2.45, 2.75) is 51.2 Å². The Balaban J connectivity index is 0.000000381. The molecule has 140 valence electrons. The lowest BCUT2D eigenvalue weighted by Crippen LogP contribution is -2.33. The number of hydrogen-bond acceptors (Lipinski definition) is 2. The molecule has 0 aliphatic heterocycles. The predicted molar refractivity (Wildman–Crippen MR) is 88.3 cm³/mol. The molecule has 0 radical (unpaired) electrons. The summed E-state index contributed by atoms with van der Waals surface area (Å²) in [7, 11) is 0. The third kappa shape index (κ3) is 7.77. The maximum Gasteiger partial charge on any atom is 0.490 e. The molecule has 1 fully saturated rings. The number of rotatable bonds is 3. The van der Waals surface area contributed by atoms with Gasteiger partial charge in [-0.1, -0.05) is 43.0 Å². The van der Waals surface area contributed by atoms with Gasteiger partial charge in [-0.25, -0.2) is 4.79 Å². The molecule has 2 N–H and O–H groups in total. The summed E-state index contributed by atoms with van der Waals surface area (Å²) >= 11 is 5.86. The van der Waals surface area contributed by atoms with E-state index in [1.807, 2.05) is 31.2 Å². The standard InChI is InChI=1S/C15H20ClNO.C2HF3O2/c1-11(12-7-9-14(16)10-8-12)17-15(18)13-5-3-2-4-6-13;3-2(4,5)1(6)7/h7-11,13H,2-6H2,1H3,(H,17,18);(H,6,7)/t11-;/m0./s1. The van der Waals surface area contributed by atoms with Crippen molar-refractivity contribution in [1.82, 2.24) is 5.32 Å². The van der Waals surface area contributed by atoms with Gasteiger partial charge in [-0.3, -0.25) is 4.79 Å². The molecule has 1 aromatic rings. The van der Waals surface area contributed by atoms with Gasteiger partial charge >= 0.3 is 12.1 Å². The summed E-state index contributed by atoms with van der Waals surface area (Å²) in [5.74, 6) is -2.34. The van der Waals surface area contributed by atoms with E-state index in [4.69, 9.17) is 21.5 Å². The second-order valence-electron chi connectivity index (χ2n) is 5.92. The van der Waals surface area contributed by atoms with Gasteiger partial charge in [0.2, 0.25) is 5.91 Å². The first-order chi connectivity index (χ1) is 11.6. The van der Waals surface area contributed by atoms with Gasteiger partial charge in [0.25, 0.3) is 0 Å². The van der Waals surface area contributed by atoms with Crippen LogP contribution in [0.4, 0.5) is 13.2 Å². The Morgan fingerprint density at radius 1 is 1.16 bits per heavy atom. The Morgan fingerprint density at radius 2 is 1.64 bits per heavy atom. The van der Waals surface area contributed by atoms with Crippen molar-refractivity contribution in [1.29, 1.82) is 0 Å². The van der Waals surface area contributed by atoms with Gasteiger partial charge in [-0.2, -0.15) is 13.2 Å². The fraction of sp³-hybridized carbons (Fsp3) is 0.529. The Hall–Kier alpha value is -1.76. The van der Waals surface area contributed by atoms with Gasteiger partial charge in [0.05, 0.1) is 6.04 Å². The second-order valence-corrected chi connectivity index (χ2v) is 6.36. The minimum absolute atomic E-state index is 0.0525. The van der Waals surface area contributed by atoms with Gasteiger partial charge in [0, 0.05) is 10.9 Å². The highest BCUT2D eigenvalue weighted by atomic mass is 35.5. The van der Waals surface area contributed by atoms with E-state index >= 15 is 0 Å². The van der Waals surface area contributed by atoms with Crippen LogP contribution in [0.25, 0.3) is 0 Å². The average Bonchev–Trinajstić information content (AvgIpc) is 2.56. The molecular weight excluding hydrogens is 359 g/mol. The Labute approximate surface area is 149 Å². The number of halogens is 4. The summed E-state index contributed by atoms with van der Waals surface area (Å²) in [4.78, 5) is 21.0. The zero-order valence-electron chi connectivity index (χ0n) is 13.8. The molecule has 1 aliphatic carbocycles. The summed E-state index contributed by atoms with van der Waals surface area (Å²) in [6.07, 6.45) is 0.648. The normalized spacial score (nSPS) is 16.4. The number of aliphatic carboxylic acids is 1. The fourth-order valence-electron chi connectivity index (χ4n) is 2.53. The Kier molecular flexibility index (Phi) is 8.22. The van der Waals surface area contributed by atoms with Crippen LogP contribution in [-0.2, 0) is 9.59 Å². The van der Waals surface area contributed by atoms with E-state index in [-0.39, 0.29) is 17.9 Å². The van der Waals surface area contributed by atoms with E-state index in [9.17, 15) is 18.0 Å². The molecule has 1 aliphatic rings. The summed E-state index contributed by atoms with van der Waals surface area (Å²) in [6, 6.07) is 7.71. The van der Waals surface area contributed by atoms with E-state index in [1.165, 1.54) is 19.3 Å². The molecular formula is C17H21ClF3NO3. The van der Waals surface area contributed by atoms with Crippen LogP contribution in [0.5, 0.6) is 0 Å². The summed E-state index contributed by atoms with van der Waals surface area (Å²) in [6.45, 7) is 2.02. The molecule has 1 amide bonds. The molecule has 25 heavy (non-hydrogen) atoms. The van der Waals surface area contributed by atoms with Crippen LogP contribution >= 0.6 is 11.6 Å². The van der Waals surface area contributed by atoms with Crippen LogP contribution in [0.3, 0.4) is 0 Å². The monoisotopic (exact) mass is 379 g/mol. The molecule has 0 heterocycles. The van der Waals surface area contributed by atoms with Gasteiger partial charge in [-0.15, -0.1) is 0 Å². The maximum atomic E-state index is 12.1. The first-order valence-corrected chi connectivity index (χ1v) is 8.35. The van der Waals surface area contributed by atoms with Crippen molar-refractivity contribution >= 4 is 23.5 Å². The van der Waals surface area contributed by atoms with Gasteiger partial charge in [0.15, 0.2) is 0 Å². The number of amides is 1. The molecule has 0 aromatic heterocycles.